The van der Waals surface area contributed by atoms with Crippen molar-refractivity contribution in [3.63, 3.8) is 0 Å². The molecule has 0 amide bonds. The van der Waals surface area contributed by atoms with Crippen LogP contribution in [0.4, 0.5) is 0 Å². The molecule has 3 heteroatoms. The molecule has 3 nitrogen and oxygen atoms in total. The number of likely N-dealkylation sites (tertiary alicyclic amines) is 2. The van der Waals surface area contributed by atoms with Crippen LogP contribution >= 0.6 is 0 Å². The van der Waals surface area contributed by atoms with E-state index in [9.17, 15) is 0 Å². The lowest BCUT2D eigenvalue weighted by molar-refractivity contribution is -0.00514. The van der Waals surface area contributed by atoms with E-state index in [-0.39, 0.29) is 0 Å². The zero-order valence-corrected chi connectivity index (χ0v) is 9.70. The van der Waals surface area contributed by atoms with E-state index in [1.807, 2.05) is 0 Å². The van der Waals surface area contributed by atoms with Crippen LogP contribution < -0.4 is 0 Å². The third-order valence-corrected chi connectivity index (χ3v) is 3.78. The molecule has 0 saturated carbocycles. The quantitative estimate of drug-likeness (QED) is 0.763. The van der Waals surface area contributed by atoms with E-state index in [1.54, 1.807) is 0 Å². The van der Waals surface area contributed by atoms with Crippen LogP contribution in [0.5, 0.6) is 0 Å². The Morgan fingerprint density at radius 2 is 1.67 bits per heavy atom. The van der Waals surface area contributed by atoms with E-state index in [0.717, 1.165) is 6.54 Å². The maximum atomic E-state index is 9.07. The van der Waals surface area contributed by atoms with Gasteiger partial charge < -0.3 is 5.11 Å². The second kappa shape index (κ2) is 5.83. The van der Waals surface area contributed by atoms with Gasteiger partial charge in [0, 0.05) is 6.54 Å². The van der Waals surface area contributed by atoms with Crippen LogP contribution in [0, 0.1) is 0 Å². The van der Waals surface area contributed by atoms with Crippen molar-refractivity contribution >= 4 is 0 Å². The zero-order chi connectivity index (χ0) is 10.5. The van der Waals surface area contributed by atoms with E-state index >= 15 is 0 Å². The largest absolute Gasteiger partial charge is 0.395 e. The first-order chi connectivity index (χ1) is 7.42. The predicted octanol–water partition coefficient (Wildman–Crippen LogP) is 1.28. The number of nitrogens with zero attached hydrogens (tertiary/aromatic N) is 2. The van der Waals surface area contributed by atoms with Crippen molar-refractivity contribution in [1.29, 1.82) is 0 Å². The van der Waals surface area contributed by atoms with Gasteiger partial charge in [0.1, 0.15) is 0 Å². The first kappa shape index (κ1) is 11.4. The van der Waals surface area contributed by atoms with E-state index in [1.165, 1.54) is 58.2 Å². The van der Waals surface area contributed by atoms with Crippen molar-refractivity contribution in [3.8, 4) is 0 Å². The summed E-state index contributed by atoms with van der Waals surface area (Å²) in [5.41, 5.74) is 0. The highest BCUT2D eigenvalue weighted by molar-refractivity contribution is 4.79. The molecule has 1 N–H and O–H groups in total. The smallest absolute Gasteiger partial charge is 0.0623 e. The topological polar surface area (TPSA) is 26.7 Å². The second-order valence-electron chi connectivity index (χ2n) is 4.83. The number of β-amino-alcohol motifs (C(OH)–C–C–N with tert-alkyl or cyclic N) is 1. The monoisotopic (exact) mass is 212 g/mol. The van der Waals surface area contributed by atoms with Crippen molar-refractivity contribution in [1.82, 2.24) is 9.80 Å². The predicted molar refractivity (Wildman–Crippen MR) is 61.7 cm³/mol. The molecular formula is C12H24N2O. The Morgan fingerprint density at radius 3 is 2.40 bits per heavy atom. The Bertz CT molecular complexity index is 168. The number of hydrogen-bond acceptors (Lipinski definition) is 3. The minimum absolute atomic E-state index is 0.310. The average Bonchev–Trinajstić information content (AvgIpc) is 2.31. The van der Waals surface area contributed by atoms with E-state index in [4.69, 9.17) is 5.11 Å². The third kappa shape index (κ3) is 2.92. The zero-order valence-electron chi connectivity index (χ0n) is 9.70. The fraction of sp³-hybridized carbons (Fsp3) is 1.00. The van der Waals surface area contributed by atoms with Crippen molar-refractivity contribution < 1.29 is 5.11 Å². The summed E-state index contributed by atoms with van der Waals surface area (Å²) in [6, 6.07) is 0. The average molecular weight is 212 g/mol. The molecule has 0 aromatic heterocycles. The molecule has 0 aromatic carbocycles. The number of aliphatic hydroxyl groups is 1. The van der Waals surface area contributed by atoms with Crippen LogP contribution in [0.3, 0.4) is 0 Å². The van der Waals surface area contributed by atoms with Gasteiger partial charge in [-0.1, -0.05) is 6.42 Å². The van der Waals surface area contributed by atoms with Crippen molar-refractivity contribution in [2.45, 2.75) is 44.7 Å². The van der Waals surface area contributed by atoms with Gasteiger partial charge in [-0.3, -0.25) is 9.80 Å². The lowest BCUT2D eigenvalue weighted by Crippen LogP contribution is -2.53. The minimum atomic E-state index is 0.310. The molecule has 0 bridgehead atoms. The van der Waals surface area contributed by atoms with Gasteiger partial charge in [0.15, 0.2) is 0 Å². The highest BCUT2D eigenvalue weighted by Gasteiger charge is 2.27. The maximum absolute atomic E-state index is 9.07. The SMILES string of the molecule is OCCN1CCCCC1N1CCCCC1. The summed E-state index contributed by atoms with van der Waals surface area (Å²) in [4.78, 5) is 5.12. The van der Waals surface area contributed by atoms with Gasteiger partial charge in [0.25, 0.3) is 0 Å². The first-order valence-corrected chi connectivity index (χ1v) is 6.51. The van der Waals surface area contributed by atoms with Crippen LogP contribution in [-0.2, 0) is 0 Å². The van der Waals surface area contributed by atoms with Gasteiger partial charge in [0.05, 0.1) is 12.8 Å². The Kier molecular flexibility index (Phi) is 4.42. The summed E-state index contributed by atoms with van der Waals surface area (Å²) >= 11 is 0. The fourth-order valence-corrected chi connectivity index (χ4v) is 2.99. The van der Waals surface area contributed by atoms with Gasteiger partial charge in [-0.05, 0) is 51.7 Å². The highest BCUT2D eigenvalue weighted by atomic mass is 16.3. The molecule has 0 aromatic rings. The van der Waals surface area contributed by atoms with E-state index < -0.39 is 0 Å². The number of aliphatic hydroxyl groups excluding tert-OH is 1. The van der Waals surface area contributed by atoms with Crippen LogP contribution in [0.25, 0.3) is 0 Å². The molecule has 0 radical (unpaired) electrons. The van der Waals surface area contributed by atoms with Crippen LogP contribution in [-0.4, -0.2) is 53.9 Å². The summed E-state index contributed by atoms with van der Waals surface area (Å²) in [6.45, 7) is 4.90. The standard InChI is InChI=1S/C12H24N2O/c15-11-10-14-9-5-2-6-12(14)13-7-3-1-4-8-13/h12,15H,1-11H2. The summed E-state index contributed by atoms with van der Waals surface area (Å²) < 4.78 is 0. The molecule has 2 fully saturated rings. The number of rotatable bonds is 3. The molecule has 2 heterocycles. The van der Waals surface area contributed by atoms with Crippen molar-refractivity contribution in [2.75, 3.05) is 32.8 Å². The molecule has 2 aliphatic heterocycles. The van der Waals surface area contributed by atoms with Gasteiger partial charge in [-0.2, -0.15) is 0 Å². The van der Waals surface area contributed by atoms with Crippen molar-refractivity contribution in [2.24, 2.45) is 0 Å². The fourth-order valence-electron chi connectivity index (χ4n) is 2.99. The molecule has 88 valence electrons. The van der Waals surface area contributed by atoms with Gasteiger partial charge in [-0.25, -0.2) is 0 Å². The summed E-state index contributed by atoms with van der Waals surface area (Å²) in [7, 11) is 0. The highest BCUT2D eigenvalue weighted by Crippen LogP contribution is 2.23. The van der Waals surface area contributed by atoms with Crippen LogP contribution in [0.1, 0.15) is 38.5 Å². The Labute approximate surface area is 93.1 Å². The number of hydrogen-bond donors (Lipinski definition) is 1. The Hall–Kier alpha value is -0.120. The molecule has 0 spiro atoms. The minimum Gasteiger partial charge on any atom is -0.395 e. The Morgan fingerprint density at radius 1 is 0.933 bits per heavy atom. The Balaban J connectivity index is 1.90. The molecule has 1 unspecified atom stereocenters. The van der Waals surface area contributed by atoms with Crippen molar-refractivity contribution in [3.05, 3.63) is 0 Å². The first-order valence-electron chi connectivity index (χ1n) is 6.51. The van der Waals surface area contributed by atoms with Gasteiger partial charge in [-0.15, -0.1) is 0 Å². The van der Waals surface area contributed by atoms with Crippen LogP contribution in [0.15, 0.2) is 0 Å². The number of piperidine rings is 2. The van der Waals surface area contributed by atoms with Crippen LogP contribution in [0.2, 0.25) is 0 Å². The van der Waals surface area contributed by atoms with E-state index in [2.05, 4.69) is 9.80 Å². The molecule has 2 aliphatic rings. The molecule has 0 aliphatic carbocycles. The maximum Gasteiger partial charge on any atom is 0.0623 e. The van der Waals surface area contributed by atoms with Gasteiger partial charge in [0.2, 0.25) is 0 Å². The second-order valence-corrected chi connectivity index (χ2v) is 4.83. The van der Waals surface area contributed by atoms with E-state index in [0.29, 0.717) is 12.8 Å². The molecule has 2 saturated heterocycles. The molecular weight excluding hydrogens is 188 g/mol. The lowest BCUT2D eigenvalue weighted by atomic mass is 10.0. The molecule has 1 atom stereocenters. The van der Waals surface area contributed by atoms with Gasteiger partial charge >= 0.3 is 0 Å². The summed E-state index contributed by atoms with van der Waals surface area (Å²) in [6.07, 6.45) is 8.75. The lowest BCUT2D eigenvalue weighted by Gasteiger charge is -2.44. The molecule has 2 rings (SSSR count). The summed E-state index contributed by atoms with van der Waals surface area (Å²) in [5.74, 6) is 0. The molecule has 15 heavy (non-hydrogen) atoms. The normalized spacial score (nSPS) is 30.6. The third-order valence-electron chi connectivity index (χ3n) is 3.78. The summed E-state index contributed by atoms with van der Waals surface area (Å²) in [5, 5.41) is 9.07.